The van der Waals surface area contributed by atoms with Crippen LogP contribution in [0.15, 0.2) is 0 Å². The van der Waals surface area contributed by atoms with Crippen molar-refractivity contribution in [1.82, 2.24) is 10.2 Å². The summed E-state index contributed by atoms with van der Waals surface area (Å²) in [6, 6.07) is -0.468. The van der Waals surface area contributed by atoms with E-state index in [1.54, 1.807) is 32.8 Å². The minimum absolute atomic E-state index is 0.0344. The van der Waals surface area contributed by atoms with Crippen molar-refractivity contribution in [2.45, 2.75) is 58.2 Å². The third kappa shape index (κ3) is 2.83. The number of nitrogens with one attached hydrogen (secondary N) is 1. The minimum Gasteiger partial charge on any atom is -0.383 e. The summed E-state index contributed by atoms with van der Waals surface area (Å²) in [7, 11) is 1.62. The zero-order chi connectivity index (χ0) is 13.9. The lowest BCUT2D eigenvalue weighted by molar-refractivity contribution is -0.157. The highest BCUT2D eigenvalue weighted by atomic mass is 16.5. The molecule has 5 nitrogen and oxygen atoms in total. The first-order chi connectivity index (χ1) is 8.35. The van der Waals surface area contributed by atoms with E-state index in [2.05, 4.69) is 12.2 Å². The van der Waals surface area contributed by atoms with Crippen LogP contribution in [-0.2, 0) is 14.3 Å². The van der Waals surface area contributed by atoms with E-state index >= 15 is 0 Å². The van der Waals surface area contributed by atoms with Gasteiger partial charge in [-0.15, -0.1) is 0 Å². The summed E-state index contributed by atoms with van der Waals surface area (Å²) in [5.74, 6) is -0.137. The van der Waals surface area contributed by atoms with Crippen LogP contribution < -0.4 is 5.32 Å². The van der Waals surface area contributed by atoms with E-state index in [-0.39, 0.29) is 17.9 Å². The Bertz CT molecular complexity index is 322. The molecule has 0 aromatic rings. The molecule has 0 bridgehead atoms. The van der Waals surface area contributed by atoms with Gasteiger partial charge in [0.25, 0.3) is 0 Å². The van der Waals surface area contributed by atoms with Gasteiger partial charge in [0, 0.05) is 7.11 Å². The van der Waals surface area contributed by atoms with Crippen molar-refractivity contribution in [2.24, 2.45) is 0 Å². The summed E-state index contributed by atoms with van der Waals surface area (Å²) in [5.41, 5.74) is -0.830. The van der Waals surface area contributed by atoms with Crippen molar-refractivity contribution in [2.75, 3.05) is 13.7 Å². The second kappa shape index (κ2) is 5.69. The van der Waals surface area contributed by atoms with E-state index in [0.29, 0.717) is 6.61 Å². The minimum atomic E-state index is -0.830. The Labute approximate surface area is 109 Å². The van der Waals surface area contributed by atoms with Gasteiger partial charge in [-0.05, 0) is 27.2 Å². The fourth-order valence-electron chi connectivity index (χ4n) is 2.40. The number of rotatable bonds is 5. The van der Waals surface area contributed by atoms with Gasteiger partial charge in [0.05, 0.1) is 12.6 Å². The smallest absolute Gasteiger partial charge is 0.248 e. The number of nitrogens with zero attached hydrogens (tertiary/aromatic N) is 1. The van der Waals surface area contributed by atoms with Gasteiger partial charge >= 0.3 is 0 Å². The zero-order valence-corrected chi connectivity index (χ0v) is 11.9. The molecule has 0 aromatic heterocycles. The molecule has 1 aliphatic rings. The molecule has 5 heteroatoms. The monoisotopic (exact) mass is 256 g/mol. The van der Waals surface area contributed by atoms with Crippen molar-refractivity contribution in [3.63, 3.8) is 0 Å². The Balaban J connectivity index is 2.99. The SMILES string of the molecule is CCCC(COC)N1C(=O)C(C)(C)NC(=O)C1C. The highest BCUT2D eigenvalue weighted by Crippen LogP contribution is 2.22. The quantitative estimate of drug-likeness (QED) is 0.796. The van der Waals surface area contributed by atoms with Gasteiger partial charge in [0.15, 0.2) is 0 Å². The van der Waals surface area contributed by atoms with Crippen molar-refractivity contribution in [1.29, 1.82) is 0 Å². The topological polar surface area (TPSA) is 58.6 Å². The number of carbonyl (C=O) groups excluding carboxylic acids is 2. The summed E-state index contributed by atoms with van der Waals surface area (Å²) in [5, 5.41) is 2.75. The number of ether oxygens (including phenoxy) is 1. The Kier molecular flexibility index (Phi) is 4.73. The highest BCUT2D eigenvalue weighted by Gasteiger charge is 2.45. The van der Waals surface area contributed by atoms with Crippen LogP contribution in [0.3, 0.4) is 0 Å². The van der Waals surface area contributed by atoms with E-state index < -0.39 is 11.6 Å². The standard InChI is InChI=1S/C13H24N2O3/c1-6-7-10(8-18-5)15-9(2)11(16)14-13(3,4)12(15)17/h9-10H,6-8H2,1-5H3,(H,14,16). The molecule has 18 heavy (non-hydrogen) atoms. The predicted molar refractivity (Wildman–Crippen MR) is 69.1 cm³/mol. The molecule has 1 saturated heterocycles. The van der Waals surface area contributed by atoms with E-state index in [9.17, 15) is 9.59 Å². The molecular formula is C13H24N2O3. The molecule has 104 valence electrons. The van der Waals surface area contributed by atoms with Crippen LogP contribution in [0.25, 0.3) is 0 Å². The summed E-state index contributed by atoms with van der Waals surface area (Å²) < 4.78 is 5.18. The third-order valence-electron chi connectivity index (χ3n) is 3.38. The number of methoxy groups -OCH3 is 1. The second-order valence-electron chi connectivity index (χ2n) is 5.40. The molecule has 0 saturated carbocycles. The maximum Gasteiger partial charge on any atom is 0.248 e. The molecule has 0 radical (unpaired) electrons. The molecule has 2 atom stereocenters. The molecule has 0 aliphatic carbocycles. The molecule has 0 aromatic carbocycles. The van der Waals surface area contributed by atoms with E-state index in [1.165, 1.54) is 0 Å². The molecule has 0 spiro atoms. The van der Waals surface area contributed by atoms with Crippen LogP contribution in [0.4, 0.5) is 0 Å². The van der Waals surface area contributed by atoms with Crippen LogP contribution >= 0.6 is 0 Å². The zero-order valence-electron chi connectivity index (χ0n) is 11.9. The fourth-order valence-corrected chi connectivity index (χ4v) is 2.40. The van der Waals surface area contributed by atoms with Crippen molar-refractivity contribution < 1.29 is 14.3 Å². The van der Waals surface area contributed by atoms with E-state index in [4.69, 9.17) is 4.74 Å². The van der Waals surface area contributed by atoms with Crippen molar-refractivity contribution in [3.8, 4) is 0 Å². The Morgan fingerprint density at radius 2 is 2.06 bits per heavy atom. The van der Waals surface area contributed by atoms with Gasteiger partial charge in [0.2, 0.25) is 11.8 Å². The van der Waals surface area contributed by atoms with Crippen LogP contribution in [0, 0.1) is 0 Å². The summed E-state index contributed by atoms with van der Waals surface area (Å²) >= 11 is 0. The Morgan fingerprint density at radius 3 is 2.56 bits per heavy atom. The van der Waals surface area contributed by atoms with E-state index in [0.717, 1.165) is 12.8 Å². The number of hydrogen-bond acceptors (Lipinski definition) is 3. The van der Waals surface area contributed by atoms with Gasteiger partial charge in [-0.2, -0.15) is 0 Å². The Hall–Kier alpha value is -1.10. The highest BCUT2D eigenvalue weighted by molar-refractivity contribution is 5.99. The molecule has 1 rings (SSSR count). The van der Waals surface area contributed by atoms with Crippen LogP contribution in [-0.4, -0.2) is 48.1 Å². The summed E-state index contributed by atoms with van der Waals surface area (Å²) in [6.45, 7) is 7.77. The molecule has 1 fully saturated rings. The molecule has 1 heterocycles. The lowest BCUT2D eigenvalue weighted by Gasteiger charge is -2.45. The molecule has 1 N–H and O–H groups in total. The van der Waals surface area contributed by atoms with Crippen LogP contribution in [0.1, 0.15) is 40.5 Å². The summed E-state index contributed by atoms with van der Waals surface area (Å²) in [6.07, 6.45) is 1.79. The van der Waals surface area contributed by atoms with Gasteiger partial charge in [-0.1, -0.05) is 13.3 Å². The van der Waals surface area contributed by atoms with Crippen LogP contribution in [0.2, 0.25) is 0 Å². The average Bonchev–Trinajstić information content (AvgIpc) is 2.27. The molecular weight excluding hydrogens is 232 g/mol. The van der Waals surface area contributed by atoms with Crippen LogP contribution in [0.5, 0.6) is 0 Å². The van der Waals surface area contributed by atoms with Crippen molar-refractivity contribution >= 4 is 11.8 Å². The van der Waals surface area contributed by atoms with Gasteiger partial charge < -0.3 is 15.0 Å². The average molecular weight is 256 g/mol. The number of carbonyl (C=O) groups is 2. The lowest BCUT2D eigenvalue weighted by Crippen LogP contribution is -2.69. The van der Waals surface area contributed by atoms with Gasteiger partial charge in [0.1, 0.15) is 11.6 Å². The lowest BCUT2D eigenvalue weighted by atomic mass is 9.94. The van der Waals surface area contributed by atoms with E-state index in [1.807, 2.05) is 0 Å². The number of piperazine rings is 1. The third-order valence-corrected chi connectivity index (χ3v) is 3.38. The first kappa shape index (κ1) is 15.0. The molecule has 1 aliphatic heterocycles. The van der Waals surface area contributed by atoms with Gasteiger partial charge in [-0.3, -0.25) is 9.59 Å². The first-order valence-corrected chi connectivity index (χ1v) is 6.48. The Morgan fingerprint density at radius 1 is 1.44 bits per heavy atom. The maximum absolute atomic E-state index is 12.4. The molecule has 2 amide bonds. The second-order valence-corrected chi connectivity index (χ2v) is 5.40. The van der Waals surface area contributed by atoms with Gasteiger partial charge in [-0.25, -0.2) is 0 Å². The number of hydrogen-bond donors (Lipinski definition) is 1. The maximum atomic E-state index is 12.4. The predicted octanol–water partition coefficient (Wildman–Crippen LogP) is 0.927. The normalized spacial score (nSPS) is 24.9. The largest absolute Gasteiger partial charge is 0.383 e. The fraction of sp³-hybridized carbons (Fsp3) is 0.846. The molecule has 2 unspecified atom stereocenters. The summed E-state index contributed by atoms with van der Waals surface area (Å²) in [4.78, 5) is 26.1. The first-order valence-electron chi connectivity index (χ1n) is 6.48. The van der Waals surface area contributed by atoms with Crippen molar-refractivity contribution in [3.05, 3.63) is 0 Å². The number of amides is 2.